The maximum atomic E-state index is 14.0. The molecule has 0 aliphatic carbocycles. The summed E-state index contributed by atoms with van der Waals surface area (Å²) >= 11 is 17.8. The van der Waals surface area contributed by atoms with Gasteiger partial charge in [0, 0.05) is 27.4 Å². The van der Waals surface area contributed by atoms with Crippen LogP contribution in [0.5, 0.6) is 11.5 Å². The topological polar surface area (TPSA) is 110 Å². The zero-order valence-electron chi connectivity index (χ0n) is 23.1. The first kappa shape index (κ1) is 31.7. The number of halogens is 3. The van der Waals surface area contributed by atoms with E-state index < -0.39 is 30.3 Å². The van der Waals surface area contributed by atoms with Gasteiger partial charge in [0.1, 0.15) is 23.9 Å². The number of esters is 1. The molecule has 0 unspecified atom stereocenters. The second kappa shape index (κ2) is 14.8. The molecule has 1 heterocycles. The molecule has 1 aliphatic heterocycles. The maximum Gasteiger partial charge on any atom is 0.338 e. The van der Waals surface area contributed by atoms with Gasteiger partial charge in [-0.05, 0) is 50.3 Å². The number of rotatable bonds is 11. The largest absolute Gasteiger partial charge is 0.487 e. The van der Waals surface area contributed by atoms with Crippen LogP contribution in [0.25, 0.3) is 0 Å². The van der Waals surface area contributed by atoms with Crippen LogP contribution in [0.1, 0.15) is 36.6 Å². The van der Waals surface area contributed by atoms with Crippen molar-refractivity contribution in [3.05, 3.63) is 104 Å². The van der Waals surface area contributed by atoms with Crippen molar-refractivity contribution in [2.45, 2.75) is 26.5 Å². The fourth-order valence-electron chi connectivity index (χ4n) is 4.20. The fraction of sp³-hybridized carbons (Fsp3) is 0.200. The molecule has 13 heteroatoms. The summed E-state index contributed by atoms with van der Waals surface area (Å²) in [5, 5.41) is 10.8. The number of hydrazone groups is 1. The Balaban J connectivity index is 1.44. The highest BCUT2D eigenvalue weighted by atomic mass is 35.5. The van der Waals surface area contributed by atoms with E-state index in [9.17, 15) is 14.0 Å². The van der Waals surface area contributed by atoms with Crippen LogP contribution in [0.2, 0.25) is 10.0 Å². The minimum absolute atomic E-state index is 0.0856. The van der Waals surface area contributed by atoms with Gasteiger partial charge in [0.15, 0.2) is 11.7 Å². The first-order chi connectivity index (χ1) is 20.7. The first-order valence-corrected chi connectivity index (χ1v) is 14.2. The standard InChI is InChI=1S/C30H27Cl2FN4O5S/c1-3-40-29(39)26-17(2)35-30(43)36-27(26)21-9-5-7-11-24(21)41-16-25(38)37-34-14-19-12-20(31)13-22(32)28(19)42-15-18-8-4-6-10-23(18)33/h4-14,27H,3,15-16H2,1-2H3,(H,37,38)(H2,35,36,43)/t27-/m1/s1. The Morgan fingerprint density at radius 3 is 2.63 bits per heavy atom. The second-order valence-corrected chi connectivity index (χ2v) is 10.3. The summed E-state index contributed by atoms with van der Waals surface area (Å²) in [7, 11) is 0. The Morgan fingerprint density at radius 1 is 1.12 bits per heavy atom. The maximum absolute atomic E-state index is 14.0. The summed E-state index contributed by atoms with van der Waals surface area (Å²) in [6.45, 7) is 3.17. The highest BCUT2D eigenvalue weighted by Gasteiger charge is 2.32. The van der Waals surface area contributed by atoms with Gasteiger partial charge in [-0.15, -0.1) is 0 Å². The molecule has 43 heavy (non-hydrogen) atoms. The summed E-state index contributed by atoms with van der Waals surface area (Å²) in [5.41, 5.74) is 4.55. The number of carbonyl (C=O) groups is 2. The molecule has 0 bridgehead atoms. The number of ether oxygens (including phenoxy) is 3. The molecule has 4 rings (SSSR count). The minimum Gasteiger partial charge on any atom is -0.487 e. The molecule has 0 radical (unpaired) electrons. The number of nitrogens with one attached hydrogen (secondary N) is 3. The van der Waals surface area contributed by atoms with Crippen LogP contribution >= 0.6 is 35.4 Å². The molecular formula is C30H27Cl2FN4O5S. The van der Waals surface area contributed by atoms with Crippen LogP contribution in [-0.4, -0.2) is 36.4 Å². The van der Waals surface area contributed by atoms with Gasteiger partial charge < -0.3 is 24.8 Å². The number of nitrogens with zero attached hydrogens (tertiary/aromatic N) is 1. The molecular weight excluding hydrogens is 618 g/mol. The fourth-order valence-corrected chi connectivity index (χ4v) is 5.03. The Hall–Kier alpha value is -4.19. The lowest BCUT2D eigenvalue weighted by molar-refractivity contribution is -0.139. The van der Waals surface area contributed by atoms with E-state index in [1.165, 1.54) is 18.3 Å². The van der Waals surface area contributed by atoms with Crippen LogP contribution < -0.4 is 25.5 Å². The molecule has 0 spiro atoms. The molecule has 0 saturated carbocycles. The van der Waals surface area contributed by atoms with Crippen molar-refractivity contribution >= 4 is 58.6 Å². The van der Waals surface area contributed by atoms with Gasteiger partial charge >= 0.3 is 5.97 Å². The number of para-hydroxylation sites is 1. The average molecular weight is 646 g/mol. The third-order valence-electron chi connectivity index (χ3n) is 6.11. The quantitative estimate of drug-likeness (QED) is 0.107. The van der Waals surface area contributed by atoms with E-state index in [2.05, 4.69) is 21.2 Å². The number of benzene rings is 3. The normalized spacial score (nSPS) is 14.6. The van der Waals surface area contributed by atoms with E-state index >= 15 is 0 Å². The summed E-state index contributed by atoms with van der Waals surface area (Å²) in [6.07, 6.45) is 1.30. The molecule has 0 saturated heterocycles. The predicted octanol–water partition coefficient (Wildman–Crippen LogP) is 5.60. The molecule has 0 aromatic heterocycles. The number of allylic oxidation sites excluding steroid dienone is 1. The van der Waals surface area contributed by atoms with E-state index in [-0.39, 0.29) is 24.0 Å². The summed E-state index contributed by atoms with van der Waals surface area (Å²) in [5.74, 6) is -0.931. The van der Waals surface area contributed by atoms with Crippen molar-refractivity contribution in [2.24, 2.45) is 5.10 Å². The lowest BCUT2D eigenvalue weighted by Crippen LogP contribution is -2.45. The molecule has 1 aliphatic rings. The number of amides is 1. The third kappa shape index (κ3) is 8.22. The Bertz CT molecular complexity index is 1600. The summed E-state index contributed by atoms with van der Waals surface area (Å²) in [6, 6.07) is 15.5. The van der Waals surface area contributed by atoms with Crippen LogP contribution in [0.4, 0.5) is 4.39 Å². The lowest BCUT2D eigenvalue weighted by Gasteiger charge is -2.30. The summed E-state index contributed by atoms with van der Waals surface area (Å²) in [4.78, 5) is 25.4. The third-order valence-corrected chi connectivity index (χ3v) is 6.83. The van der Waals surface area contributed by atoms with Crippen molar-refractivity contribution in [1.82, 2.24) is 16.1 Å². The second-order valence-electron chi connectivity index (χ2n) is 9.10. The van der Waals surface area contributed by atoms with Crippen molar-refractivity contribution in [3.63, 3.8) is 0 Å². The molecule has 9 nitrogen and oxygen atoms in total. The molecule has 3 N–H and O–H groups in total. The molecule has 0 fully saturated rings. The van der Waals surface area contributed by atoms with Crippen LogP contribution in [0, 0.1) is 5.82 Å². The van der Waals surface area contributed by atoms with Crippen molar-refractivity contribution in [1.29, 1.82) is 0 Å². The van der Waals surface area contributed by atoms with Gasteiger partial charge in [0.25, 0.3) is 5.91 Å². The van der Waals surface area contributed by atoms with E-state index in [4.69, 9.17) is 49.6 Å². The van der Waals surface area contributed by atoms with Gasteiger partial charge in [-0.1, -0.05) is 59.6 Å². The highest BCUT2D eigenvalue weighted by Crippen LogP contribution is 2.34. The van der Waals surface area contributed by atoms with Crippen LogP contribution in [0.3, 0.4) is 0 Å². The zero-order valence-corrected chi connectivity index (χ0v) is 25.4. The Labute approximate surface area is 263 Å². The number of hydrogen-bond acceptors (Lipinski definition) is 7. The predicted molar refractivity (Wildman–Crippen MR) is 166 cm³/mol. The molecule has 3 aromatic carbocycles. The Kier molecular flexibility index (Phi) is 10.9. The van der Waals surface area contributed by atoms with Crippen molar-refractivity contribution in [3.8, 4) is 11.5 Å². The lowest BCUT2D eigenvalue weighted by atomic mass is 9.95. The van der Waals surface area contributed by atoms with Gasteiger partial charge in [0.2, 0.25) is 0 Å². The van der Waals surface area contributed by atoms with Gasteiger partial charge in [0.05, 0.1) is 29.5 Å². The van der Waals surface area contributed by atoms with Crippen molar-refractivity contribution in [2.75, 3.05) is 13.2 Å². The van der Waals surface area contributed by atoms with Gasteiger partial charge in [-0.2, -0.15) is 5.10 Å². The molecule has 1 amide bonds. The van der Waals surface area contributed by atoms with E-state index in [1.54, 1.807) is 62.4 Å². The SMILES string of the molecule is CCOC(=O)C1=C(C)NC(=S)N[C@@H]1c1ccccc1OCC(=O)NN=Cc1cc(Cl)cc(Cl)c1OCc1ccccc1F. The molecule has 224 valence electrons. The van der Waals surface area contributed by atoms with E-state index in [0.29, 0.717) is 43.8 Å². The summed E-state index contributed by atoms with van der Waals surface area (Å²) < 4.78 is 30.9. The van der Waals surface area contributed by atoms with E-state index in [1.807, 2.05) is 0 Å². The molecule has 3 aromatic rings. The highest BCUT2D eigenvalue weighted by molar-refractivity contribution is 7.80. The minimum atomic E-state index is -0.666. The van der Waals surface area contributed by atoms with Crippen LogP contribution in [-0.2, 0) is 20.9 Å². The van der Waals surface area contributed by atoms with Gasteiger partial charge in [-0.25, -0.2) is 14.6 Å². The first-order valence-electron chi connectivity index (χ1n) is 13.0. The number of thiocarbonyl (C=S) groups is 1. The smallest absolute Gasteiger partial charge is 0.338 e. The van der Waals surface area contributed by atoms with Crippen LogP contribution in [0.15, 0.2) is 77.0 Å². The molecule has 1 atom stereocenters. The zero-order chi connectivity index (χ0) is 30.9. The van der Waals surface area contributed by atoms with E-state index in [0.717, 1.165) is 0 Å². The van der Waals surface area contributed by atoms with Crippen molar-refractivity contribution < 1.29 is 28.2 Å². The number of hydrogen-bond donors (Lipinski definition) is 3. The number of carbonyl (C=O) groups excluding carboxylic acids is 2. The Morgan fingerprint density at radius 2 is 1.86 bits per heavy atom. The van der Waals surface area contributed by atoms with Gasteiger partial charge in [-0.3, -0.25) is 4.79 Å². The monoisotopic (exact) mass is 644 g/mol. The average Bonchev–Trinajstić information content (AvgIpc) is 2.96.